The first-order valence-electron chi connectivity index (χ1n) is 5.76. The Balaban J connectivity index is 1.93. The number of methoxy groups -OCH3 is 1. The minimum absolute atomic E-state index is 0.187. The molecule has 0 unspecified atom stereocenters. The molecule has 0 radical (unpaired) electrons. The number of ether oxygens (including phenoxy) is 1. The van der Waals surface area contributed by atoms with E-state index in [1.54, 1.807) is 0 Å². The summed E-state index contributed by atoms with van der Waals surface area (Å²) in [5.41, 5.74) is 2.77. The fourth-order valence-electron chi connectivity index (χ4n) is 1.77. The van der Waals surface area contributed by atoms with E-state index in [2.05, 4.69) is 14.6 Å². The highest BCUT2D eigenvalue weighted by atomic mass is 16.5. The summed E-state index contributed by atoms with van der Waals surface area (Å²) in [5, 5.41) is 0. The first-order chi connectivity index (χ1) is 8.69. The van der Waals surface area contributed by atoms with Crippen LogP contribution in [0.1, 0.15) is 12.0 Å². The maximum absolute atomic E-state index is 11.0. The lowest BCUT2D eigenvalue weighted by Crippen LogP contribution is -2.21. The maximum Gasteiger partial charge on any atom is 0.306 e. The second-order valence-electron chi connectivity index (χ2n) is 4.22. The summed E-state index contributed by atoms with van der Waals surface area (Å²) < 4.78 is 9.86. The van der Waals surface area contributed by atoms with E-state index in [0.29, 0.717) is 13.0 Å². The molecule has 1 heterocycles. The smallest absolute Gasteiger partial charge is 0.306 e. The van der Waals surface area contributed by atoms with Crippen LogP contribution in [0.25, 0.3) is 11.1 Å². The van der Waals surface area contributed by atoms with Crippen molar-refractivity contribution in [2.45, 2.75) is 13.0 Å². The van der Waals surface area contributed by atoms with Gasteiger partial charge in [-0.2, -0.15) is 0 Å². The van der Waals surface area contributed by atoms with Crippen molar-refractivity contribution in [2.24, 2.45) is 0 Å². The molecule has 0 aliphatic carbocycles. The highest BCUT2D eigenvalue weighted by molar-refractivity contribution is 5.72. The van der Waals surface area contributed by atoms with Crippen LogP contribution in [0.4, 0.5) is 0 Å². The summed E-state index contributed by atoms with van der Waals surface area (Å²) in [6, 6.07) is 5.92. The van der Waals surface area contributed by atoms with Gasteiger partial charge in [0.1, 0.15) is 5.52 Å². The maximum atomic E-state index is 11.0. The lowest BCUT2D eigenvalue weighted by atomic mass is 10.2. The second-order valence-corrected chi connectivity index (χ2v) is 4.22. The number of fused-ring (bicyclic) bond motifs is 1. The quantitative estimate of drug-likeness (QED) is 0.755. The molecule has 18 heavy (non-hydrogen) atoms. The van der Waals surface area contributed by atoms with Crippen molar-refractivity contribution in [3.05, 3.63) is 30.2 Å². The molecule has 5 nitrogen and oxygen atoms in total. The average molecular weight is 248 g/mol. The fourth-order valence-corrected chi connectivity index (χ4v) is 1.77. The summed E-state index contributed by atoms with van der Waals surface area (Å²) >= 11 is 0. The SMILES string of the molecule is COC(=O)CCN(C)Cc1ccc2ncoc2c1. The van der Waals surface area contributed by atoms with E-state index in [1.807, 2.05) is 25.2 Å². The molecule has 2 aromatic rings. The van der Waals surface area contributed by atoms with Crippen molar-refractivity contribution in [3.63, 3.8) is 0 Å². The monoisotopic (exact) mass is 248 g/mol. The Morgan fingerprint density at radius 1 is 1.50 bits per heavy atom. The number of benzene rings is 1. The van der Waals surface area contributed by atoms with Gasteiger partial charge in [0, 0.05) is 13.1 Å². The van der Waals surface area contributed by atoms with E-state index in [-0.39, 0.29) is 5.97 Å². The molecule has 0 aliphatic rings. The van der Waals surface area contributed by atoms with Crippen LogP contribution >= 0.6 is 0 Å². The third kappa shape index (κ3) is 3.07. The van der Waals surface area contributed by atoms with Gasteiger partial charge in [-0.1, -0.05) is 6.07 Å². The molecule has 1 aromatic heterocycles. The number of carbonyl (C=O) groups is 1. The van der Waals surface area contributed by atoms with Crippen LogP contribution in [-0.2, 0) is 16.1 Å². The van der Waals surface area contributed by atoms with Gasteiger partial charge < -0.3 is 14.1 Å². The molecule has 0 bridgehead atoms. The molecule has 0 atom stereocenters. The third-order valence-corrected chi connectivity index (χ3v) is 2.77. The Bertz CT molecular complexity index is 536. The van der Waals surface area contributed by atoms with Gasteiger partial charge in [-0.25, -0.2) is 4.98 Å². The average Bonchev–Trinajstić information content (AvgIpc) is 2.83. The van der Waals surface area contributed by atoms with Crippen LogP contribution in [0.5, 0.6) is 0 Å². The van der Waals surface area contributed by atoms with E-state index < -0.39 is 0 Å². The van der Waals surface area contributed by atoms with Gasteiger partial charge in [0.15, 0.2) is 12.0 Å². The molecule has 0 saturated heterocycles. The lowest BCUT2D eigenvalue weighted by Gasteiger charge is -2.15. The predicted octanol–water partition coefficient (Wildman–Crippen LogP) is 1.82. The molecule has 0 amide bonds. The number of hydrogen-bond acceptors (Lipinski definition) is 5. The van der Waals surface area contributed by atoms with E-state index in [0.717, 1.165) is 23.2 Å². The summed E-state index contributed by atoms with van der Waals surface area (Å²) in [6.07, 6.45) is 1.84. The summed E-state index contributed by atoms with van der Waals surface area (Å²) in [6.45, 7) is 1.43. The molecule has 0 spiro atoms. The van der Waals surface area contributed by atoms with Gasteiger partial charge in [0.25, 0.3) is 0 Å². The van der Waals surface area contributed by atoms with Crippen molar-refractivity contribution in [2.75, 3.05) is 20.7 Å². The van der Waals surface area contributed by atoms with Crippen molar-refractivity contribution in [1.82, 2.24) is 9.88 Å². The first kappa shape index (κ1) is 12.6. The molecular weight excluding hydrogens is 232 g/mol. The standard InChI is InChI=1S/C13H16N2O3/c1-15(6-5-13(16)17-2)8-10-3-4-11-12(7-10)18-9-14-11/h3-4,7,9H,5-6,8H2,1-2H3. The molecular formula is C13H16N2O3. The summed E-state index contributed by atoms with van der Waals surface area (Å²) in [4.78, 5) is 17.2. The van der Waals surface area contributed by atoms with Crippen molar-refractivity contribution in [1.29, 1.82) is 0 Å². The van der Waals surface area contributed by atoms with Crippen LogP contribution in [0.15, 0.2) is 29.0 Å². The van der Waals surface area contributed by atoms with E-state index in [4.69, 9.17) is 4.42 Å². The minimum Gasteiger partial charge on any atom is -0.469 e. The molecule has 5 heteroatoms. The van der Waals surface area contributed by atoms with E-state index >= 15 is 0 Å². The van der Waals surface area contributed by atoms with Gasteiger partial charge in [0.2, 0.25) is 0 Å². The molecule has 2 rings (SSSR count). The van der Waals surface area contributed by atoms with Gasteiger partial charge in [-0.3, -0.25) is 4.79 Å². The largest absolute Gasteiger partial charge is 0.469 e. The molecule has 0 aliphatic heterocycles. The van der Waals surface area contributed by atoms with Gasteiger partial charge >= 0.3 is 5.97 Å². The van der Waals surface area contributed by atoms with Gasteiger partial charge in [-0.15, -0.1) is 0 Å². The number of hydrogen-bond donors (Lipinski definition) is 0. The Labute approximate surface area is 105 Å². The number of nitrogens with zero attached hydrogens (tertiary/aromatic N) is 2. The Morgan fingerprint density at radius 2 is 2.33 bits per heavy atom. The van der Waals surface area contributed by atoms with Crippen LogP contribution in [0, 0.1) is 0 Å². The number of aromatic nitrogens is 1. The van der Waals surface area contributed by atoms with Gasteiger partial charge in [-0.05, 0) is 24.7 Å². The topological polar surface area (TPSA) is 55.6 Å². The van der Waals surface area contributed by atoms with Crippen molar-refractivity contribution in [3.8, 4) is 0 Å². The lowest BCUT2D eigenvalue weighted by molar-refractivity contribution is -0.140. The van der Waals surface area contributed by atoms with Crippen LogP contribution < -0.4 is 0 Å². The molecule has 1 aromatic carbocycles. The Hall–Kier alpha value is -1.88. The van der Waals surface area contributed by atoms with Gasteiger partial charge in [0.05, 0.1) is 13.5 Å². The zero-order valence-electron chi connectivity index (χ0n) is 10.5. The van der Waals surface area contributed by atoms with Crippen molar-refractivity contribution >= 4 is 17.1 Å². The number of esters is 1. The molecule has 96 valence electrons. The first-order valence-corrected chi connectivity index (χ1v) is 5.76. The number of rotatable bonds is 5. The highest BCUT2D eigenvalue weighted by Crippen LogP contribution is 2.15. The zero-order valence-corrected chi connectivity index (χ0v) is 10.5. The molecule has 0 N–H and O–H groups in total. The van der Waals surface area contributed by atoms with E-state index in [9.17, 15) is 4.79 Å². The number of oxazole rings is 1. The predicted molar refractivity (Wildman–Crippen MR) is 67.0 cm³/mol. The number of carbonyl (C=O) groups excluding carboxylic acids is 1. The normalized spacial score (nSPS) is 11.1. The van der Waals surface area contributed by atoms with Crippen molar-refractivity contribution < 1.29 is 13.9 Å². The molecule has 0 saturated carbocycles. The van der Waals surface area contributed by atoms with Crippen LogP contribution in [0.3, 0.4) is 0 Å². The van der Waals surface area contributed by atoms with Crippen LogP contribution in [0.2, 0.25) is 0 Å². The minimum atomic E-state index is -0.187. The third-order valence-electron chi connectivity index (χ3n) is 2.77. The summed E-state index contributed by atoms with van der Waals surface area (Å²) in [7, 11) is 3.37. The fraction of sp³-hybridized carbons (Fsp3) is 0.385. The summed E-state index contributed by atoms with van der Waals surface area (Å²) in [5.74, 6) is -0.187. The Morgan fingerprint density at radius 3 is 3.11 bits per heavy atom. The highest BCUT2D eigenvalue weighted by Gasteiger charge is 2.06. The zero-order chi connectivity index (χ0) is 13.0. The van der Waals surface area contributed by atoms with E-state index in [1.165, 1.54) is 13.5 Å². The molecule has 0 fully saturated rings. The Kier molecular flexibility index (Phi) is 3.94. The van der Waals surface area contributed by atoms with Crippen LogP contribution in [-0.4, -0.2) is 36.6 Å². The second kappa shape index (κ2) is 5.64.